The smallest absolute Gasteiger partial charge is 0.0976 e. The Morgan fingerprint density at radius 1 is 0.466 bits per heavy atom. The van der Waals surface area contributed by atoms with Crippen LogP contribution in [0.15, 0.2) is 176 Å². The number of fused-ring (bicyclic) bond motifs is 6. The average molecular weight is 760 g/mol. The zero-order valence-corrected chi connectivity index (χ0v) is 33.0. The first kappa shape index (κ1) is 34.3. The molecule has 0 spiro atoms. The molecule has 3 nitrogen and oxygen atoms in total. The molecule has 10 aromatic rings. The van der Waals surface area contributed by atoms with Gasteiger partial charge in [-0.2, -0.15) is 0 Å². The molecule has 0 radical (unpaired) electrons. The first-order valence-corrected chi connectivity index (χ1v) is 20.6. The van der Waals surface area contributed by atoms with Crippen LogP contribution in [0.4, 0.5) is 0 Å². The summed E-state index contributed by atoms with van der Waals surface area (Å²) in [5, 5.41) is 15.9. The first-order chi connectivity index (χ1) is 28.6. The Bertz CT molecular complexity index is 3200. The molecule has 0 saturated heterocycles. The van der Waals surface area contributed by atoms with Crippen molar-refractivity contribution in [2.45, 2.75) is 20.3 Å². The monoisotopic (exact) mass is 759 g/mol. The van der Waals surface area contributed by atoms with E-state index < -0.39 is 0 Å². The summed E-state index contributed by atoms with van der Waals surface area (Å²) in [4.78, 5) is 0. The van der Waals surface area contributed by atoms with E-state index in [4.69, 9.17) is 5.10 Å². The molecule has 0 unspecified atom stereocenters. The van der Waals surface area contributed by atoms with Crippen LogP contribution in [0.25, 0.3) is 98.2 Å². The van der Waals surface area contributed by atoms with Gasteiger partial charge in [0.2, 0.25) is 0 Å². The lowest BCUT2D eigenvalue weighted by Crippen LogP contribution is -2.03. The molecule has 0 atom stereocenters. The fourth-order valence-corrected chi connectivity index (χ4v) is 10.5. The minimum Gasteiger partial charge on any atom is -0.139 e. The molecule has 2 heterocycles. The molecule has 1 aliphatic rings. The van der Waals surface area contributed by atoms with Gasteiger partial charge in [0, 0.05) is 31.3 Å². The number of rotatable bonds is 6. The normalized spacial score (nSPS) is 11.9. The van der Waals surface area contributed by atoms with E-state index in [9.17, 15) is 0 Å². The number of hydrogen-bond donors (Lipinski definition) is 0. The second-order valence-corrected chi connectivity index (χ2v) is 16.3. The van der Waals surface area contributed by atoms with Crippen molar-refractivity contribution in [2.24, 2.45) is 0 Å². The van der Waals surface area contributed by atoms with Gasteiger partial charge >= 0.3 is 0 Å². The third kappa shape index (κ3) is 5.44. The minimum atomic E-state index is 0.793. The highest BCUT2D eigenvalue weighted by Gasteiger charge is 2.30. The number of hydrogen-bond acceptors (Lipinski definition) is 4. The van der Waals surface area contributed by atoms with Crippen LogP contribution in [0, 0.1) is 13.8 Å². The summed E-state index contributed by atoms with van der Waals surface area (Å²) >= 11 is 1.85. The Morgan fingerprint density at radius 3 is 1.90 bits per heavy atom. The van der Waals surface area contributed by atoms with Gasteiger partial charge in [0.1, 0.15) is 0 Å². The summed E-state index contributed by atoms with van der Waals surface area (Å²) in [6.07, 6.45) is 2.64. The largest absolute Gasteiger partial charge is 0.139 e. The maximum absolute atomic E-state index is 4.88. The van der Waals surface area contributed by atoms with Crippen molar-refractivity contribution in [1.29, 1.82) is 0 Å². The van der Waals surface area contributed by atoms with E-state index in [-0.39, 0.29) is 0 Å². The molecule has 2 aromatic heterocycles. The van der Waals surface area contributed by atoms with Crippen molar-refractivity contribution in [1.82, 2.24) is 15.4 Å². The topological polar surface area (TPSA) is 38.7 Å². The van der Waals surface area contributed by atoms with Crippen molar-refractivity contribution in [3.8, 4) is 78.0 Å². The van der Waals surface area contributed by atoms with Gasteiger partial charge in [-0.05, 0) is 127 Å². The Balaban J connectivity index is 1.34. The highest BCUT2D eigenvalue weighted by atomic mass is 32.1. The summed E-state index contributed by atoms with van der Waals surface area (Å²) in [7, 11) is 0. The summed E-state index contributed by atoms with van der Waals surface area (Å²) in [6, 6.07) is 62.0. The Labute approximate surface area is 342 Å². The third-order valence-corrected chi connectivity index (χ3v) is 13.2. The molecule has 4 heteroatoms. The molecule has 274 valence electrons. The number of benzene rings is 8. The Kier molecular flexibility index (Phi) is 8.19. The zero-order chi connectivity index (χ0) is 38.7. The third-order valence-electron chi connectivity index (χ3n) is 12.0. The molecular weight excluding hydrogens is 723 g/mol. The van der Waals surface area contributed by atoms with Gasteiger partial charge in [0.25, 0.3) is 0 Å². The lowest BCUT2D eigenvalue weighted by Gasteiger charge is -2.25. The SMILES string of the molecule is Cc1cc2c(c(-c3c(-c4ccccc4)ccc(-c4c(-c5ccccc5-c5ccccc5)ccc5sc6ccccc6c45)c3-c3ccnnn3)c1C)Cc1ccccc1-2. The second kappa shape index (κ2) is 13.9. The van der Waals surface area contributed by atoms with E-state index >= 15 is 0 Å². The van der Waals surface area contributed by atoms with Gasteiger partial charge in [0.15, 0.2) is 0 Å². The quantitative estimate of drug-likeness (QED) is 0.169. The van der Waals surface area contributed by atoms with Crippen LogP contribution in [0.1, 0.15) is 22.3 Å². The summed E-state index contributed by atoms with van der Waals surface area (Å²) < 4.78 is 2.52. The number of nitrogens with zero attached hydrogens (tertiary/aromatic N) is 3. The fraction of sp³-hybridized carbons (Fsp3) is 0.0556. The molecule has 0 fully saturated rings. The van der Waals surface area contributed by atoms with Gasteiger partial charge in [0.05, 0.1) is 11.9 Å². The van der Waals surface area contributed by atoms with Crippen LogP contribution < -0.4 is 0 Å². The molecule has 11 rings (SSSR count). The predicted molar refractivity (Wildman–Crippen MR) is 243 cm³/mol. The van der Waals surface area contributed by atoms with E-state index in [1.807, 2.05) is 17.4 Å². The molecule has 0 saturated carbocycles. The van der Waals surface area contributed by atoms with Crippen molar-refractivity contribution in [2.75, 3.05) is 0 Å². The summed E-state index contributed by atoms with van der Waals surface area (Å²) in [6.45, 7) is 4.56. The Hall–Kier alpha value is -7.01. The summed E-state index contributed by atoms with van der Waals surface area (Å²) in [5.41, 5.74) is 21.6. The lowest BCUT2D eigenvalue weighted by atomic mass is 9.78. The standard InChI is InChI=1S/C54H37N3S/c1-33-31-45-39-21-10-9-19-37(39)32-46(45)50(34(33)2)54-40(36-17-7-4-8-18-36)25-26-44(52(54)47-29-30-55-57-56-47)51-42(27-28-49-53(51)43-23-13-14-24-48(43)58-49)41-22-12-11-20-38(41)35-15-5-3-6-16-35/h3-31H,32H2,1-2H3. The van der Waals surface area contributed by atoms with E-state index in [0.29, 0.717) is 0 Å². The molecule has 0 amide bonds. The number of thiophene rings is 1. The molecule has 0 bridgehead atoms. The maximum atomic E-state index is 4.88. The van der Waals surface area contributed by atoms with Crippen LogP contribution >= 0.6 is 11.3 Å². The van der Waals surface area contributed by atoms with E-state index in [0.717, 1.165) is 28.8 Å². The van der Waals surface area contributed by atoms with Gasteiger partial charge in [-0.25, -0.2) is 0 Å². The molecular formula is C54H37N3S. The van der Waals surface area contributed by atoms with Crippen LogP contribution in [0.5, 0.6) is 0 Å². The van der Waals surface area contributed by atoms with E-state index in [2.05, 4.69) is 188 Å². The van der Waals surface area contributed by atoms with Crippen LogP contribution in [0.2, 0.25) is 0 Å². The van der Waals surface area contributed by atoms with Crippen molar-refractivity contribution < 1.29 is 0 Å². The number of aromatic nitrogens is 3. The van der Waals surface area contributed by atoms with Gasteiger partial charge in [-0.3, -0.25) is 0 Å². The van der Waals surface area contributed by atoms with Gasteiger partial charge in [-0.15, -0.1) is 21.5 Å². The van der Waals surface area contributed by atoms with Gasteiger partial charge < -0.3 is 0 Å². The predicted octanol–water partition coefficient (Wildman–Crippen LogP) is 14.4. The van der Waals surface area contributed by atoms with Crippen LogP contribution in [0.3, 0.4) is 0 Å². The Morgan fingerprint density at radius 2 is 1.12 bits per heavy atom. The average Bonchev–Trinajstić information content (AvgIpc) is 3.85. The van der Waals surface area contributed by atoms with Gasteiger partial charge in [-0.1, -0.05) is 152 Å². The van der Waals surface area contributed by atoms with E-state index in [1.165, 1.54) is 98.1 Å². The number of aryl methyl sites for hydroxylation is 1. The van der Waals surface area contributed by atoms with Crippen molar-refractivity contribution in [3.05, 3.63) is 198 Å². The maximum Gasteiger partial charge on any atom is 0.0976 e. The molecule has 0 N–H and O–H groups in total. The van der Waals surface area contributed by atoms with Crippen LogP contribution in [-0.2, 0) is 6.42 Å². The lowest BCUT2D eigenvalue weighted by molar-refractivity contribution is 0.871. The molecule has 0 aliphatic heterocycles. The summed E-state index contributed by atoms with van der Waals surface area (Å²) in [5.74, 6) is 0. The van der Waals surface area contributed by atoms with E-state index in [1.54, 1.807) is 6.20 Å². The van der Waals surface area contributed by atoms with Crippen molar-refractivity contribution >= 4 is 31.5 Å². The van der Waals surface area contributed by atoms with Crippen LogP contribution in [-0.4, -0.2) is 15.4 Å². The molecule has 58 heavy (non-hydrogen) atoms. The highest BCUT2D eigenvalue weighted by Crippen LogP contribution is 2.55. The highest BCUT2D eigenvalue weighted by molar-refractivity contribution is 7.26. The first-order valence-electron chi connectivity index (χ1n) is 19.8. The molecule has 1 aliphatic carbocycles. The van der Waals surface area contributed by atoms with Crippen molar-refractivity contribution in [3.63, 3.8) is 0 Å². The minimum absolute atomic E-state index is 0.793. The zero-order valence-electron chi connectivity index (χ0n) is 32.2. The second-order valence-electron chi connectivity index (χ2n) is 15.2. The molecule has 8 aromatic carbocycles. The fourth-order valence-electron chi connectivity index (χ4n) is 9.34.